The van der Waals surface area contributed by atoms with Crippen molar-refractivity contribution in [3.8, 4) is 5.75 Å². The Hall–Kier alpha value is -3.23. The molecule has 0 saturated carbocycles. The molecule has 4 aliphatic heterocycles. The SMILES string of the molecule is CC1CN(CCN(C)C(=O)[C@H]2/C(F)=C/C[C@H](C)[C@@H](C)S(=O)(=O)NC(=O)c3ccc4c(c3)N(C[C@@H]3CCCN32)C[C@@]2(CCCc3cc(Cl)ccc32)CO4)CC(C)O1. The van der Waals surface area contributed by atoms with E-state index >= 15 is 4.39 Å². The lowest BCUT2D eigenvalue weighted by molar-refractivity contribution is -0.135. The lowest BCUT2D eigenvalue weighted by Crippen LogP contribution is -2.55. The van der Waals surface area contributed by atoms with Gasteiger partial charge in [-0.2, -0.15) is 0 Å². The molecule has 5 aliphatic rings. The number of rotatable bonds is 4. The number of fused-ring (bicyclic) bond motifs is 4. The zero-order valence-electron chi connectivity index (χ0n) is 33.3. The first-order chi connectivity index (χ1) is 26.6. The Morgan fingerprint density at radius 1 is 1.07 bits per heavy atom. The maximum absolute atomic E-state index is 16.9. The topological polar surface area (TPSA) is 112 Å². The van der Waals surface area contributed by atoms with Gasteiger partial charge in [0.15, 0.2) is 0 Å². The van der Waals surface area contributed by atoms with Gasteiger partial charge in [-0.15, -0.1) is 0 Å². The largest absolute Gasteiger partial charge is 0.490 e. The number of nitrogens with one attached hydrogen (secondary N) is 1. The minimum absolute atomic E-state index is 0.0753. The van der Waals surface area contributed by atoms with Crippen LogP contribution in [0.3, 0.4) is 0 Å². The number of nitrogens with zero attached hydrogens (tertiary/aromatic N) is 4. The number of carbonyl (C=O) groups excluding carboxylic acids is 2. The quantitative estimate of drug-likeness (QED) is 0.425. The van der Waals surface area contributed by atoms with Gasteiger partial charge in [0.1, 0.15) is 17.6 Å². The monoisotopic (exact) mass is 813 g/mol. The molecule has 56 heavy (non-hydrogen) atoms. The van der Waals surface area contributed by atoms with Gasteiger partial charge in [-0.05, 0) is 113 Å². The van der Waals surface area contributed by atoms with Crippen molar-refractivity contribution >= 4 is 39.1 Å². The van der Waals surface area contributed by atoms with Crippen LogP contribution in [0.2, 0.25) is 5.02 Å². The van der Waals surface area contributed by atoms with Crippen molar-refractivity contribution in [3.63, 3.8) is 0 Å². The second kappa shape index (κ2) is 16.6. The second-order valence-electron chi connectivity index (χ2n) is 17.0. The normalized spacial score (nSPS) is 32.3. The number of morpholine rings is 1. The Morgan fingerprint density at radius 2 is 1.84 bits per heavy atom. The van der Waals surface area contributed by atoms with E-state index in [1.54, 1.807) is 37.1 Å². The Bertz CT molecular complexity index is 1940. The Labute approximate surface area is 336 Å². The first kappa shape index (κ1) is 40.9. The minimum atomic E-state index is -4.14. The summed E-state index contributed by atoms with van der Waals surface area (Å²) in [6, 6.07) is 9.77. The summed E-state index contributed by atoms with van der Waals surface area (Å²) in [4.78, 5) is 36.4. The number of hydrogen-bond acceptors (Lipinski definition) is 9. The number of halogens is 2. The third-order valence-electron chi connectivity index (χ3n) is 12.8. The van der Waals surface area contributed by atoms with E-state index in [0.29, 0.717) is 55.8 Å². The van der Waals surface area contributed by atoms with Gasteiger partial charge < -0.3 is 19.3 Å². The summed E-state index contributed by atoms with van der Waals surface area (Å²) in [6.45, 7) is 11.9. The van der Waals surface area contributed by atoms with Gasteiger partial charge in [0.05, 0.1) is 29.8 Å². The third kappa shape index (κ3) is 8.48. The molecule has 306 valence electrons. The minimum Gasteiger partial charge on any atom is -0.490 e. The highest BCUT2D eigenvalue weighted by atomic mass is 35.5. The molecule has 0 aromatic heterocycles. The van der Waals surface area contributed by atoms with Crippen LogP contribution in [0.4, 0.5) is 10.1 Å². The number of likely N-dealkylation sites (N-methyl/N-ethyl adjacent to an activating group) is 1. The molecule has 7 rings (SSSR count). The van der Waals surface area contributed by atoms with Crippen LogP contribution in [0.5, 0.6) is 5.75 Å². The van der Waals surface area contributed by atoms with Crippen LogP contribution in [0.15, 0.2) is 48.3 Å². The second-order valence-corrected chi connectivity index (χ2v) is 19.5. The fraction of sp³-hybridized carbons (Fsp3) is 0.619. The fourth-order valence-electron chi connectivity index (χ4n) is 9.59. The maximum atomic E-state index is 16.9. The van der Waals surface area contributed by atoms with E-state index in [4.69, 9.17) is 21.1 Å². The van der Waals surface area contributed by atoms with Gasteiger partial charge >= 0.3 is 0 Å². The van der Waals surface area contributed by atoms with E-state index in [1.165, 1.54) is 24.1 Å². The van der Waals surface area contributed by atoms with Crippen molar-refractivity contribution in [2.75, 3.05) is 64.4 Å². The molecule has 2 bridgehead atoms. The summed E-state index contributed by atoms with van der Waals surface area (Å²) in [5.74, 6) is -1.59. The number of benzene rings is 2. The van der Waals surface area contributed by atoms with Crippen LogP contribution >= 0.6 is 11.6 Å². The van der Waals surface area contributed by atoms with Crippen molar-refractivity contribution in [1.82, 2.24) is 19.4 Å². The fourth-order valence-corrected chi connectivity index (χ4v) is 11.1. The van der Waals surface area contributed by atoms with E-state index in [9.17, 15) is 18.0 Å². The molecule has 2 amide bonds. The molecule has 1 aliphatic carbocycles. The highest BCUT2D eigenvalue weighted by Crippen LogP contribution is 2.45. The molecule has 1 spiro atoms. The highest BCUT2D eigenvalue weighted by Gasteiger charge is 2.45. The molecular weight excluding hydrogens is 757 g/mol. The molecule has 2 aromatic rings. The van der Waals surface area contributed by atoms with Crippen molar-refractivity contribution < 1.29 is 31.9 Å². The summed E-state index contributed by atoms with van der Waals surface area (Å²) in [5.41, 5.74) is 2.82. The zero-order valence-corrected chi connectivity index (χ0v) is 34.9. The number of hydrogen-bond donors (Lipinski definition) is 1. The zero-order chi connectivity index (χ0) is 39.9. The van der Waals surface area contributed by atoms with Gasteiger partial charge in [-0.3, -0.25) is 19.4 Å². The molecule has 11 nitrogen and oxygen atoms in total. The number of anilines is 1. The van der Waals surface area contributed by atoms with Crippen LogP contribution in [0, 0.1) is 5.92 Å². The average molecular weight is 814 g/mol. The molecule has 0 radical (unpaired) electrons. The molecule has 2 fully saturated rings. The highest BCUT2D eigenvalue weighted by molar-refractivity contribution is 7.90. The van der Waals surface area contributed by atoms with Crippen molar-refractivity contribution in [2.24, 2.45) is 5.92 Å². The Kier molecular flexibility index (Phi) is 12.1. The summed E-state index contributed by atoms with van der Waals surface area (Å²) in [7, 11) is -2.40. The smallest absolute Gasteiger partial charge is 0.264 e. The van der Waals surface area contributed by atoms with E-state index in [1.807, 2.05) is 30.9 Å². The van der Waals surface area contributed by atoms with Crippen LogP contribution in [0.25, 0.3) is 0 Å². The number of ether oxygens (including phenoxy) is 2. The Balaban J connectivity index is 1.27. The summed E-state index contributed by atoms with van der Waals surface area (Å²) >= 11 is 6.48. The predicted molar refractivity (Wildman–Crippen MR) is 217 cm³/mol. The number of aryl methyl sites for hydroxylation is 1. The van der Waals surface area contributed by atoms with Gasteiger partial charge in [0.25, 0.3) is 5.91 Å². The summed E-state index contributed by atoms with van der Waals surface area (Å²) in [6.07, 6.45) is 5.89. The molecule has 1 N–H and O–H groups in total. The van der Waals surface area contributed by atoms with E-state index in [2.05, 4.69) is 20.6 Å². The van der Waals surface area contributed by atoms with Crippen LogP contribution in [0.1, 0.15) is 81.3 Å². The van der Waals surface area contributed by atoms with Gasteiger partial charge in [-0.25, -0.2) is 17.5 Å². The van der Waals surface area contributed by atoms with E-state index in [-0.39, 0.29) is 36.1 Å². The third-order valence-corrected chi connectivity index (χ3v) is 15.0. The molecular formula is C42H57ClFN5O6S. The number of allylic oxidation sites excluding steroid dienone is 1. The van der Waals surface area contributed by atoms with E-state index < -0.39 is 44.4 Å². The van der Waals surface area contributed by atoms with Crippen LogP contribution in [-0.2, 0) is 31.4 Å². The van der Waals surface area contributed by atoms with Crippen molar-refractivity contribution in [1.29, 1.82) is 0 Å². The van der Waals surface area contributed by atoms with Crippen molar-refractivity contribution in [3.05, 3.63) is 70.0 Å². The number of amides is 2. The average Bonchev–Trinajstić information content (AvgIpc) is 3.54. The number of sulfonamides is 1. The van der Waals surface area contributed by atoms with Gasteiger partial charge in [0, 0.05) is 68.4 Å². The lowest BCUT2D eigenvalue weighted by Gasteiger charge is -2.42. The van der Waals surface area contributed by atoms with Gasteiger partial charge in [-0.1, -0.05) is 30.7 Å². The standard InChI is InChI=1S/C42H57ClFN5O6S/c1-27-10-14-36(44)39(41(51)46(5)18-19-47-22-28(2)55-29(3)23-47)49-17-7-9-34(49)24-48-25-42(16-6-8-31-20-33(43)12-13-35(31)42)26-54-38-15-11-32(21-37(38)48)40(50)45-56(52,53)30(27)4/h11-15,20-21,27-30,34,39H,6-10,16-19,22-26H2,1-5H3,(H,45,50)/b36-14-/t27-,28?,29?,30+,34-,39+,42-/m0/s1. The van der Waals surface area contributed by atoms with E-state index in [0.717, 1.165) is 45.2 Å². The summed E-state index contributed by atoms with van der Waals surface area (Å²) < 4.78 is 58.9. The first-order valence-electron chi connectivity index (χ1n) is 20.2. The first-order valence-corrected chi connectivity index (χ1v) is 22.2. The molecule has 2 saturated heterocycles. The lowest BCUT2D eigenvalue weighted by atomic mass is 9.70. The molecule has 14 heteroatoms. The van der Waals surface area contributed by atoms with Crippen molar-refractivity contribution in [2.45, 2.75) is 101 Å². The molecule has 7 atom stereocenters. The Morgan fingerprint density at radius 3 is 2.61 bits per heavy atom. The van der Waals surface area contributed by atoms with Gasteiger partial charge in [0.2, 0.25) is 15.9 Å². The molecule has 4 heterocycles. The number of carbonyl (C=O) groups is 2. The molecule has 2 aromatic carbocycles. The maximum Gasteiger partial charge on any atom is 0.264 e. The predicted octanol–water partition coefficient (Wildman–Crippen LogP) is 5.56. The van der Waals surface area contributed by atoms with Crippen LogP contribution < -0.4 is 14.4 Å². The summed E-state index contributed by atoms with van der Waals surface area (Å²) in [5, 5.41) is -0.331. The molecule has 2 unspecified atom stereocenters. The van der Waals surface area contributed by atoms with Crippen LogP contribution in [-0.4, -0.2) is 124 Å².